The van der Waals surface area contributed by atoms with E-state index in [2.05, 4.69) is 20.3 Å². The number of ether oxygens (including phenoxy) is 1. The van der Waals surface area contributed by atoms with E-state index >= 15 is 0 Å². The number of hydrogen-bond donors (Lipinski definition) is 1. The van der Waals surface area contributed by atoms with Crippen molar-refractivity contribution in [2.45, 2.75) is 6.42 Å². The smallest absolute Gasteiger partial charge is 0.316 e. The van der Waals surface area contributed by atoms with E-state index in [1.165, 1.54) is 18.8 Å². The number of anilines is 1. The number of benzene rings is 1. The van der Waals surface area contributed by atoms with Crippen molar-refractivity contribution in [1.29, 1.82) is 0 Å². The Hall–Kier alpha value is -2.90. The zero-order valence-electron chi connectivity index (χ0n) is 11.6. The predicted molar refractivity (Wildman–Crippen MR) is 70.7 cm³/mol. The summed E-state index contributed by atoms with van der Waals surface area (Å²) in [6, 6.07) is 8.47. The third-order valence-corrected chi connectivity index (χ3v) is 2.70. The third-order valence-electron chi connectivity index (χ3n) is 2.70. The minimum Gasteiger partial charge on any atom is -0.846 e. The first-order valence-electron chi connectivity index (χ1n) is 6.09. The molecule has 1 heterocycles. The molecule has 0 spiro atoms. The summed E-state index contributed by atoms with van der Waals surface area (Å²) < 4.78 is 11.1. The van der Waals surface area contributed by atoms with Crippen molar-refractivity contribution in [2.24, 2.45) is 4.99 Å². The number of nitrogens with one attached hydrogen (secondary N) is 1. The molecule has 1 N–H and O–H groups in total. The molecule has 1 aromatic heterocycles. The maximum absolute atomic E-state index is 11.5. The van der Waals surface area contributed by atoms with Gasteiger partial charge in [-0.2, -0.15) is 0 Å². The molecule has 0 unspecified atom stereocenters. The summed E-state index contributed by atoms with van der Waals surface area (Å²) >= 11 is 0. The van der Waals surface area contributed by atoms with Gasteiger partial charge >= 0.3 is 11.9 Å². The zero-order chi connectivity index (χ0) is 15.2. The van der Waals surface area contributed by atoms with Crippen LogP contribution in [0, 0.1) is 0 Å². The fraction of sp³-hybridized carbons (Fsp3) is 0.231. The molecule has 0 amide bonds. The van der Waals surface area contributed by atoms with Gasteiger partial charge in [-0.15, -0.1) is 0 Å². The van der Waals surface area contributed by atoms with Gasteiger partial charge < -0.3 is 15.2 Å². The summed E-state index contributed by atoms with van der Waals surface area (Å²) in [4.78, 5) is 15.0. The maximum Gasteiger partial charge on any atom is 0.316 e. The monoisotopic (exact) mass is 290 g/mol. The number of aliphatic imine (C=N–C) groups is 1. The summed E-state index contributed by atoms with van der Waals surface area (Å²) in [5.74, 6) is -0.424. The molecule has 0 radical (unpaired) electrons. The lowest BCUT2D eigenvalue weighted by Crippen LogP contribution is -2.38. The number of esters is 1. The largest absolute Gasteiger partial charge is 0.846 e. The van der Waals surface area contributed by atoms with Crippen molar-refractivity contribution in [3.63, 3.8) is 0 Å². The van der Waals surface area contributed by atoms with Crippen LogP contribution in [0.2, 0.25) is 0 Å². The van der Waals surface area contributed by atoms with Crippen LogP contribution in [0.5, 0.6) is 0 Å². The first-order valence-corrected chi connectivity index (χ1v) is 6.09. The molecule has 2 rings (SSSR count). The molecule has 110 valence electrons. The first kappa shape index (κ1) is 14.5. The van der Waals surface area contributed by atoms with E-state index in [0.29, 0.717) is 11.4 Å². The maximum atomic E-state index is 11.5. The van der Waals surface area contributed by atoms with E-state index in [1.807, 2.05) is 18.2 Å². The van der Waals surface area contributed by atoms with E-state index in [4.69, 9.17) is 4.52 Å². The van der Waals surface area contributed by atoms with Gasteiger partial charge in [-0.25, -0.2) is 0 Å². The minimum absolute atomic E-state index is 0.0554. The van der Waals surface area contributed by atoms with Gasteiger partial charge in [-0.05, 0) is 4.68 Å². The molecule has 0 fully saturated rings. The van der Waals surface area contributed by atoms with Crippen LogP contribution in [-0.2, 0) is 16.0 Å². The van der Waals surface area contributed by atoms with Crippen LogP contribution in [0.15, 0.2) is 39.8 Å². The van der Waals surface area contributed by atoms with Crippen molar-refractivity contribution >= 4 is 17.9 Å². The molecule has 0 aliphatic carbocycles. The van der Waals surface area contributed by atoms with Crippen LogP contribution in [0.1, 0.15) is 5.69 Å². The van der Waals surface area contributed by atoms with Crippen LogP contribution < -0.4 is 15.1 Å². The average Bonchev–Trinajstić information content (AvgIpc) is 2.90. The molecule has 2 aromatic rings. The van der Waals surface area contributed by atoms with Crippen molar-refractivity contribution in [2.75, 3.05) is 19.5 Å². The number of hydrogen-bond acceptors (Lipinski definition) is 6. The molecule has 0 aliphatic heterocycles. The summed E-state index contributed by atoms with van der Waals surface area (Å²) in [5, 5.41) is 17.6. The molecule has 21 heavy (non-hydrogen) atoms. The van der Waals surface area contributed by atoms with Crippen molar-refractivity contribution < 1.29 is 23.8 Å². The van der Waals surface area contributed by atoms with Crippen LogP contribution in [-0.4, -0.2) is 31.4 Å². The molecule has 0 bridgehead atoms. The van der Waals surface area contributed by atoms with Gasteiger partial charge in [0, 0.05) is 19.2 Å². The Morgan fingerprint density at radius 1 is 1.48 bits per heavy atom. The number of carbonyl (C=O) groups excluding carboxylic acids is 1. The van der Waals surface area contributed by atoms with E-state index < -0.39 is 12.0 Å². The topological polar surface area (TPSA) is 104 Å². The number of amidine groups is 1. The highest BCUT2D eigenvalue weighted by atomic mass is 16.5. The van der Waals surface area contributed by atoms with Crippen LogP contribution in [0.4, 0.5) is 5.88 Å². The SMILES string of the molecule is CN=C([O-])Nc1on[n+](-c2ccccc2)c1CC(=O)OC. The van der Waals surface area contributed by atoms with Crippen molar-refractivity contribution in [3.8, 4) is 5.69 Å². The molecule has 0 saturated carbocycles. The highest BCUT2D eigenvalue weighted by molar-refractivity contribution is 5.85. The van der Waals surface area contributed by atoms with Gasteiger partial charge in [0.1, 0.15) is 6.42 Å². The van der Waals surface area contributed by atoms with Crippen LogP contribution in [0.25, 0.3) is 5.69 Å². The van der Waals surface area contributed by atoms with Gasteiger partial charge in [0.25, 0.3) is 5.69 Å². The quantitative estimate of drug-likeness (QED) is 0.350. The average molecular weight is 290 g/mol. The molecular formula is C13H14N4O4. The molecular weight excluding hydrogens is 276 g/mol. The van der Waals surface area contributed by atoms with Crippen LogP contribution >= 0.6 is 0 Å². The predicted octanol–water partition coefficient (Wildman–Crippen LogP) is -0.575. The molecule has 8 heteroatoms. The number of aromatic nitrogens is 2. The summed E-state index contributed by atoms with van der Waals surface area (Å²) in [7, 11) is 2.62. The summed E-state index contributed by atoms with van der Waals surface area (Å²) in [6.45, 7) is 0. The normalized spacial score (nSPS) is 11.2. The Morgan fingerprint density at radius 2 is 2.19 bits per heavy atom. The van der Waals surface area contributed by atoms with Gasteiger partial charge in [0.05, 0.1) is 13.1 Å². The molecule has 8 nitrogen and oxygen atoms in total. The number of rotatable bonds is 4. The highest BCUT2D eigenvalue weighted by Crippen LogP contribution is 2.13. The Balaban J connectivity index is 2.43. The van der Waals surface area contributed by atoms with Gasteiger partial charge in [0.2, 0.25) is 11.0 Å². The van der Waals surface area contributed by atoms with E-state index in [0.717, 1.165) is 0 Å². The Labute approximate surface area is 120 Å². The summed E-state index contributed by atoms with van der Waals surface area (Å²) in [6.07, 6.45) is -0.103. The Kier molecular flexibility index (Phi) is 4.50. The van der Waals surface area contributed by atoms with E-state index in [9.17, 15) is 9.90 Å². The van der Waals surface area contributed by atoms with Gasteiger partial charge in [-0.3, -0.25) is 14.3 Å². The Bertz CT molecular complexity index is 651. The number of methoxy groups -OCH3 is 1. The number of para-hydroxylation sites is 1. The molecule has 0 aliphatic rings. The lowest BCUT2D eigenvalue weighted by atomic mass is 10.2. The second kappa shape index (κ2) is 6.51. The lowest BCUT2D eigenvalue weighted by molar-refractivity contribution is -0.676. The Morgan fingerprint density at radius 3 is 2.81 bits per heavy atom. The van der Waals surface area contributed by atoms with Gasteiger partial charge in [-0.1, -0.05) is 18.2 Å². The van der Waals surface area contributed by atoms with Crippen molar-refractivity contribution in [3.05, 3.63) is 36.0 Å². The highest BCUT2D eigenvalue weighted by Gasteiger charge is 2.29. The second-order valence-electron chi connectivity index (χ2n) is 4.00. The first-order chi connectivity index (χ1) is 10.2. The fourth-order valence-corrected chi connectivity index (χ4v) is 1.66. The second-order valence-corrected chi connectivity index (χ2v) is 4.00. The molecule has 1 aromatic carbocycles. The zero-order valence-corrected chi connectivity index (χ0v) is 11.6. The standard InChI is InChI=1S/C13H14N4O4/c1-14-13(19)15-12-10(8-11(18)20-2)17(16-21-12)9-6-4-3-5-7-9/h3-7H,8H2,1-2H3,(H-,14,15,16,19). The van der Waals surface area contributed by atoms with Crippen molar-refractivity contribution in [1.82, 2.24) is 5.27 Å². The van der Waals surface area contributed by atoms with Gasteiger partial charge in [0.15, 0.2) is 0 Å². The molecule has 0 saturated heterocycles. The van der Waals surface area contributed by atoms with Crippen LogP contribution in [0.3, 0.4) is 0 Å². The fourth-order valence-electron chi connectivity index (χ4n) is 1.66. The van der Waals surface area contributed by atoms with E-state index in [-0.39, 0.29) is 12.3 Å². The van der Waals surface area contributed by atoms with E-state index in [1.54, 1.807) is 12.1 Å². The lowest BCUT2D eigenvalue weighted by Gasteiger charge is -2.07. The minimum atomic E-state index is -0.600. The molecule has 0 atom stereocenters. The third kappa shape index (κ3) is 3.35. The summed E-state index contributed by atoms with van der Waals surface area (Å²) in [5.41, 5.74) is 1.05. The number of nitrogens with zero attached hydrogens (tertiary/aromatic N) is 3. The number of carbonyl (C=O) groups is 1.